The monoisotopic (exact) mass is 477 g/mol. The van der Waals surface area contributed by atoms with Crippen molar-refractivity contribution in [2.45, 2.75) is 0 Å². The Hall–Kier alpha value is -4.07. The van der Waals surface area contributed by atoms with Gasteiger partial charge in [0.1, 0.15) is 0 Å². The van der Waals surface area contributed by atoms with Gasteiger partial charge < -0.3 is 5.32 Å². The van der Waals surface area contributed by atoms with Gasteiger partial charge in [0.05, 0.1) is 17.1 Å². The van der Waals surface area contributed by atoms with Gasteiger partial charge >= 0.3 is 0 Å². The van der Waals surface area contributed by atoms with E-state index in [1.54, 1.807) is 22.7 Å². The Kier molecular flexibility index (Phi) is 5.47. The maximum atomic E-state index is 4.88. The Balaban J connectivity index is 1.36. The molecule has 6 aromatic rings. The number of rotatable bonds is 6. The van der Waals surface area contributed by atoms with Gasteiger partial charge in [0.15, 0.2) is 10.9 Å². The van der Waals surface area contributed by atoms with Crippen LogP contribution in [-0.2, 0) is 0 Å². The van der Waals surface area contributed by atoms with Crippen LogP contribution in [0.15, 0.2) is 108 Å². The fraction of sp³-hybridized carbons (Fsp3) is 0. The Morgan fingerprint density at radius 1 is 0.618 bits per heavy atom. The van der Waals surface area contributed by atoms with Gasteiger partial charge in [0.2, 0.25) is 5.13 Å². The first kappa shape index (κ1) is 20.5. The number of anilines is 2. The maximum absolute atomic E-state index is 4.88. The molecule has 0 radical (unpaired) electrons. The quantitative estimate of drug-likeness (QED) is 0.269. The van der Waals surface area contributed by atoms with E-state index >= 15 is 0 Å². The van der Waals surface area contributed by atoms with E-state index in [2.05, 4.69) is 52.5 Å². The van der Waals surface area contributed by atoms with E-state index in [1.165, 1.54) is 0 Å². The highest BCUT2D eigenvalue weighted by atomic mass is 32.1. The molecular formula is C27H19N5S2. The summed E-state index contributed by atoms with van der Waals surface area (Å²) in [5.41, 5.74) is 6.12. The normalized spacial score (nSPS) is 10.9. The van der Waals surface area contributed by atoms with Crippen molar-refractivity contribution in [3.05, 3.63) is 108 Å². The summed E-state index contributed by atoms with van der Waals surface area (Å²) in [7, 11) is 0. The highest BCUT2D eigenvalue weighted by Gasteiger charge is 2.16. The molecule has 0 fully saturated rings. The standard InChI is InChI=1S/C27H19N5S2/c1-4-10-19(11-5-1)22-17-33-26(28-22)30-25-16-24(21-14-8-3-9-15-21)32(31-25)27-29-23(18-34-27)20-12-6-2-7-13-20/h1-18H,(H,28,30,31). The first-order valence-electron chi connectivity index (χ1n) is 10.8. The molecule has 34 heavy (non-hydrogen) atoms. The molecule has 0 aliphatic carbocycles. The van der Waals surface area contributed by atoms with Gasteiger partial charge in [-0.2, -0.15) is 0 Å². The molecular weight excluding hydrogens is 458 g/mol. The Morgan fingerprint density at radius 2 is 1.18 bits per heavy atom. The molecule has 7 heteroatoms. The average Bonchev–Trinajstić information content (AvgIpc) is 3.66. The van der Waals surface area contributed by atoms with Crippen LogP contribution in [0.2, 0.25) is 0 Å². The number of thiazole rings is 2. The van der Waals surface area contributed by atoms with Crippen LogP contribution in [-0.4, -0.2) is 19.7 Å². The minimum absolute atomic E-state index is 0.726. The molecule has 3 aromatic heterocycles. The molecule has 5 nitrogen and oxygen atoms in total. The molecule has 164 valence electrons. The van der Waals surface area contributed by atoms with Crippen molar-refractivity contribution in [1.82, 2.24) is 19.7 Å². The van der Waals surface area contributed by atoms with Crippen molar-refractivity contribution in [2.24, 2.45) is 0 Å². The van der Waals surface area contributed by atoms with Gasteiger partial charge in [-0.05, 0) is 0 Å². The van der Waals surface area contributed by atoms with E-state index in [0.717, 1.165) is 49.9 Å². The van der Waals surface area contributed by atoms with E-state index in [1.807, 2.05) is 65.3 Å². The number of nitrogens with one attached hydrogen (secondary N) is 1. The van der Waals surface area contributed by atoms with Crippen LogP contribution in [0.3, 0.4) is 0 Å². The van der Waals surface area contributed by atoms with Crippen molar-refractivity contribution in [3.63, 3.8) is 0 Å². The van der Waals surface area contributed by atoms with E-state index in [4.69, 9.17) is 15.1 Å². The summed E-state index contributed by atoms with van der Waals surface area (Å²) in [6, 6.07) is 32.7. The van der Waals surface area contributed by atoms with Gasteiger partial charge in [0.25, 0.3) is 0 Å². The third kappa shape index (κ3) is 4.14. The Labute approximate surface area is 205 Å². The third-order valence-electron chi connectivity index (χ3n) is 5.33. The lowest BCUT2D eigenvalue weighted by molar-refractivity contribution is 0.881. The fourth-order valence-electron chi connectivity index (χ4n) is 3.69. The average molecular weight is 478 g/mol. The largest absolute Gasteiger partial charge is 0.315 e. The summed E-state index contributed by atoms with van der Waals surface area (Å²) in [4.78, 5) is 9.63. The van der Waals surface area contributed by atoms with Crippen molar-refractivity contribution < 1.29 is 0 Å². The highest BCUT2D eigenvalue weighted by Crippen LogP contribution is 2.32. The van der Waals surface area contributed by atoms with Crippen LogP contribution in [0.1, 0.15) is 0 Å². The van der Waals surface area contributed by atoms with Crippen LogP contribution < -0.4 is 5.32 Å². The summed E-state index contributed by atoms with van der Waals surface area (Å²) >= 11 is 3.14. The predicted octanol–water partition coefficient (Wildman–Crippen LogP) is 7.53. The molecule has 0 bridgehead atoms. The third-order valence-corrected chi connectivity index (χ3v) is 6.90. The van der Waals surface area contributed by atoms with Gasteiger partial charge in [0, 0.05) is 33.5 Å². The van der Waals surface area contributed by atoms with Crippen LogP contribution in [0.25, 0.3) is 38.9 Å². The topological polar surface area (TPSA) is 55.6 Å². The Bertz CT molecular complexity index is 1520. The SMILES string of the molecule is c1ccc(-c2csc(Nc3cc(-c4ccccc4)n(-c4nc(-c5ccccc5)cs4)n3)n2)cc1. The zero-order valence-electron chi connectivity index (χ0n) is 18.0. The molecule has 0 aliphatic heterocycles. The molecule has 0 spiro atoms. The number of nitrogens with zero attached hydrogens (tertiary/aromatic N) is 4. The van der Waals surface area contributed by atoms with Crippen LogP contribution in [0, 0.1) is 0 Å². The number of hydrogen-bond donors (Lipinski definition) is 1. The first-order chi connectivity index (χ1) is 16.8. The lowest BCUT2D eigenvalue weighted by atomic mass is 10.1. The summed E-state index contributed by atoms with van der Waals surface area (Å²) in [5.74, 6) is 0.726. The molecule has 0 unspecified atom stereocenters. The van der Waals surface area contributed by atoms with E-state index in [-0.39, 0.29) is 0 Å². The molecule has 6 rings (SSSR count). The zero-order valence-corrected chi connectivity index (χ0v) is 19.6. The number of aromatic nitrogens is 4. The van der Waals surface area contributed by atoms with E-state index in [0.29, 0.717) is 0 Å². The maximum Gasteiger partial charge on any atom is 0.211 e. The summed E-state index contributed by atoms with van der Waals surface area (Å²) in [5, 5.41) is 14.0. The molecule has 3 aromatic carbocycles. The van der Waals surface area contributed by atoms with Gasteiger partial charge in [-0.25, -0.2) is 14.6 Å². The second kappa shape index (κ2) is 9.05. The summed E-state index contributed by atoms with van der Waals surface area (Å²) in [6.07, 6.45) is 0. The number of hydrogen-bond acceptors (Lipinski definition) is 6. The van der Waals surface area contributed by atoms with Crippen LogP contribution in [0.4, 0.5) is 10.9 Å². The molecule has 0 saturated heterocycles. The van der Waals surface area contributed by atoms with Gasteiger partial charge in [-0.3, -0.25) is 0 Å². The smallest absolute Gasteiger partial charge is 0.211 e. The lowest BCUT2D eigenvalue weighted by Crippen LogP contribution is -1.99. The Morgan fingerprint density at radius 3 is 1.82 bits per heavy atom. The molecule has 0 aliphatic rings. The molecule has 1 N–H and O–H groups in total. The van der Waals surface area contributed by atoms with Crippen molar-refractivity contribution in [3.8, 4) is 38.9 Å². The van der Waals surface area contributed by atoms with Crippen LogP contribution >= 0.6 is 22.7 Å². The van der Waals surface area contributed by atoms with Crippen LogP contribution in [0.5, 0.6) is 0 Å². The predicted molar refractivity (Wildman–Crippen MR) is 141 cm³/mol. The second-order valence-corrected chi connectivity index (χ2v) is 9.30. The fourth-order valence-corrected chi connectivity index (χ4v) is 5.21. The molecule has 0 amide bonds. The van der Waals surface area contributed by atoms with Gasteiger partial charge in [-0.15, -0.1) is 27.8 Å². The number of benzene rings is 3. The van der Waals surface area contributed by atoms with E-state index < -0.39 is 0 Å². The van der Waals surface area contributed by atoms with Crippen molar-refractivity contribution >= 4 is 33.6 Å². The lowest BCUT2D eigenvalue weighted by Gasteiger charge is -2.03. The summed E-state index contributed by atoms with van der Waals surface area (Å²) in [6.45, 7) is 0. The second-order valence-electron chi connectivity index (χ2n) is 7.60. The van der Waals surface area contributed by atoms with Crippen molar-refractivity contribution in [1.29, 1.82) is 0 Å². The first-order valence-corrected chi connectivity index (χ1v) is 12.5. The highest BCUT2D eigenvalue weighted by molar-refractivity contribution is 7.14. The molecule has 0 atom stereocenters. The summed E-state index contributed by atoms with van der Waals surface area (Å²) < 4.78 is 1.90. The van der Waals surface area contributed by atoms with Crippen molar-refractivity contribution in [2.75, 3.05) is 5.32 Å². The minimum atomic E-state index is 0.726. The van der Waals surface area contributed by atoms with Gasteiger partial charge in [-0.1, -0.05) is 91.0 Å². The zero-order chi connectivity index (χ0) is 22.7. The van der Waals surface area contributed by atoms with E-state index in [9.17, 15) is 0 Å². The molecule has 0 saturated carbocycles. The molecule has 3 heterocycles. The minimum Gasteiger partial charge on any atom is -0.315 e.